The Morgan fingerprint density at radius 2 is 1.92 bits per heavy atom. The smallest absolute Gasteiger partial charge is 0.368 e. The van der Waals surface area contributed by atoms with Gasteiger partial charge in [0.2, 0.25) is 11.9 Å². The average Bonchev–Trinajstić information content (AvgIpc) is 3.60. The third kappa shape index (κ3) is 7.80. The summed E-state index contributed by atoms with van der Waals surface area (Å²) in [6.07, 6.45) is 9.66. The summed E-state index contributed by atoms with van der Waals surface area (Å²) in [4.78, 5) is 57.9. The van der Waals surface area contributed by atoms with E-state index in [0.717, 1.165) is 0 Å². The number of aromatic nitrogens is 4. The first-order valence-corrected chi connectivity index (χ1v) is 17.0. The molecule has 2 aliphatic rings. The van der Waals surface area contributed by atoms with E-state index >= 15 is 0 Å². The Hall–Kier alpha value is -5.67. The molecule has 1 amide bonds. The average molecular weight is 729 g/mol. The van der Waals surface area contributed by atoms with Gasteiger partial charge >= 0.3 is 5.82 Å². The molecule has 1 fully saturated rings. The number of ether oxygens (including phenoxy) is 2. The van der Waals surface area contributed by atoms with Gasteiger partial charge in [-0.15, -0.1) is 0 Å². The lowest BCUT2D eigenvalue weighted by atomic mass is 10.0. The summed E-state index contributed by atoms with van der Waals surface area (Å²) in [5.74, 6) is 1.43. The van der Waals surface area contributed by atoms with E-state index in [1.54, 1.807) is 70.6 Å². The molecule has 2 aliphatic heterocycles. The highest BCUT2D eigenvalue weighted by Crippen LogP contribution is 2.39. The van der Waals surface area contributed by atoms with E-state index in [4.69, 9.17) is 26.1 Å². The number of piperidine rings is 1. The molecule has 1 aromatic carbocycles. The number of nitro groups is 1. The van der Waals surface area contributed by atoms with Gasteiger partial charge in [0.1, 0.15) is 35.7 Å². The first-order chi connectivity index (χ1) is 25.0. The van der Waals surface area contributed by atoms with Gasteiger partial charge in [-0.3, -0.25) is 14.2 Å². The number of carbonyl (C=O) groups is 1. The van der Waals surface area contributed by atoms with E-state index in [2.05, 4.69) is 20.3 Å². The van der Waals surface area contributed by atoms with Gasteiger partial charge in [0.25, 0.3) is 5.56 Å². The van der Waals surface area contributed by atoms with E-state index in [-0.39, 0.29) is 34.3 Å². The number of pyridine rings is 2. The topological polar surface area (TPSA) is 167 Å². The maximum atomic E-state index is 14.5. The van der Waals surface area contributed by atoms with Crippen LogP contribution in [0.25, 0.3) is 22.2 Å². The van der Waals surface area contributed by atoms with Crippen LogP contribution in [0, 0.1) is 10.1 Å². The molecule has 0 radical (unpaired) electrons. The van der Waals surface area contributed by atoms with Crippen molar-refractivity contribution < 1.29 is 23.7 Å². The fraction of sp³-hybridized carbons (Fsp3) is 0.333. The number of benzene rings is 1. The highest BCUT2D eigenvalue weighted by atomic mass is 35.5. The number of rotatable bonds is 12. The number of likely N-dealkylation sites (tertiary alicyclic amines) is 1. The molecule has 0 unspecified atom stereocenters. The molecular weight excluding hydrogens is 690 g/mol. The minimum atomic E-state index is -0.453. The SMILES string of the molecule is COc1cc(OC)c(Cl)c(-c2cc3cnc(Nc4ccccn4)nc3n(C3CCN(C(=O)/C=C/C[N+](C)(C)CC4=C([N+](=O)[O-])N=CC4)CC3)c2=O)c1. The van der Waals surface area contributed by atoms with Crippen LogP contribution < -0.4 is 20.3 Å². The summed E-state index contributed by atoms with van der Waals surface area (Å²) in [5.41, 5.74) is 1.57. The molecular formula is C36H39ClN9O6+. The molecule has 1 saturated heterocycles. The quantitative estimate of drug-likeness (QED) is 0.0905. The van der Waals surface area contributed by atoms with E-state index in [0.29, 0.717) is 95.0 Å². The number of fused-ring (bicyclic) bond motifs is 1. The number of hydrogen-bond acceptors (Lipinski definition) is 11. The van der Waals surface area contributed by atoms with Crippen LogP contribution in [0.4, 0.5) is 11.8 Å². The van der Waals surface area contributed by atoms with Crippen LogP contribution in [-0.4, -0.2) is 100 Å². The maximum absolute atomic E-state index is 14.5. The third-order valence-electron chi connectivity index (χ3n) is 9.10. The standard InChI is InChI=1S/C36H38ClN9O6/c1-46(2,22-23-10-14-39-33(23)45(49)50)17-7-9-31(47)43-15-11-25(12-16-43)44-34-24(21-40-36(42-34)41-30-8-5-6-13-38-30)18-28(35(44)48)27-19-26(51-3)20-29(52-4)32(27)37/h5-9,13-14,18-21,25H,10-12,15-17,22H2,1-4H3/p+1/b9-7+. The molecule has 0 saturated carbocycles. The van der Waals surface area contributed by atoms with Gasteiger partial charge in [-0.2, -0.15) is 4.98 Å². The second kappa shape index (κ2) is 15.3. The van der Waals surface area contributed by atoms with Crippen molar-refractivity contribution in [3.05, 3.63) is 97.8 Å². The largest absolute Gasteiger partial charge is 0.497 e. The third-order valence-corrected chi connectivity index (χ3v) is 9.49. The van der Waals surface area contributed by atoms with Crippen molar-refractivity contribution in [1.29, 1.82) is 0 Å². The monoisotopic (exact) mass is 728 g/mol. The van der Waals surface area contributed by atoms with Crippen LogP contribution in [0.3, 0.4) is 0 Å². The highest BCUT2D eigenvalue weighted by molar-refractivity contribution is 6.35. The Morgan fingerprint density at radius 1 is 1.13 bits per heavy atom. The Morgan fingerprint density at radius 3 is 2.62 bits per heavy atom. The van der Waals surface area contributed by atoms with Crippen LogP contribution in [-0.2, 0) is 4.79 Å². The van der Waals surface area contributed by atoms with Gasteiger partial charge < -0.3 is 34.3 Å². The zero-order valence-corrected chi connectivity index (χ0v) is 30.0. The van der Waals surface area contributed by atoms with Crippen molar-refractivity contribution >= 4 is 46.5 Å². The summed E-state index contributed by atoms with van der Waals surface area (Å²) in [6, 6.07) is 10.2. The first kappa shape index (κ1) is 36.1. The minimum Gasteiger partial charge on any atom is -0.497 e. The van der Waals surface area contributed by atoms with Gasteiger partial charge in [-0.1, -0.05) is 22.7 Å². The number of likely N-dealkylation sites (N-methyl/N-ethyl adjacent to an activating group) is 1. The molecule has 0 atom stereocenters. The predicted molar refractivity (Wildman–Crippen MR) is 198 cm³/mol. The van der Waals surface area contributed by atoms with Crippen LogP contribution in [0.15, 0.2) is 82.1 Å². The van der Waals surface area contributed by atoms with Gasteiger partial charge in [0.15, 0.2) is 0 Å². The molecule has 3 aromatic heterocycles. The minimum absolute atomic E-state index is 0.0926. The highest BCUT2D eigenvalue weighted by Gasteiger charge is 2.30. The zero-order valence-electron chi connectivity index (χ0n) is 29.3. The van der Waals surface area contributed by atoms with Gasteiger partial charge in [-0.25, -0.2) is 9.97 Å². The van der Waals surface area contributed by atoms with E-state index in [1.807, 2.05) is 20.2 Å². The molecule has 6 rings (SSSR count). The number of anilines is 2. The van der Waals surface area contributed by atoms with E-state index in [1.165, 1.54) is 14.2 Å². The normalized spacial score (nSPS) is 15.1. The number of quaternary nitrogens is 1. The maximum Gasteiger partial charge on any atom is 0.368 e. The predicted octanol–water partition coefficient (Wildman–Crippen LogP) is 5.03. The number of hydrogen-bond donors (Lipinski definition) is 1. The summed E-state index contributed by atoms with van der Waals surface area (Å²) in [5, 5.41) is 15.3. The second-order valence-corrected chi connectivity index (χ2v) is 13.6. The molecule has 0 bridgehead atoms. The summed E-state index contributed by atoms with van der Waals surface area (Å²) in [6.45, 7) is 1.77. The Labute approximate surface area is 304 Å². The Bertz CT molecular complexity index is 2160. The summed E-state index contributed by atoms with van der Waals surface area (Å²) >= 11 is 6.77. The number of halogens is 1. The molecule has 0 aliphatic carbocycles. The number of carbonyl (C=O) groups excluding carboxylic acids is 1. The molecule has 52 heavy (non-hydrogen) atoms. The number of nitrogens with zero attached hydrogens (tertiary/aromatic N) is 8. The Kier molecular flexibility index (Phi) is 10.6. The molecule has 5 heterocycles. The van der Waals surface area contributed by atoms with Gasteiger partial charge in [0, 0.05) is 66.6 Å². The van der Waals surface area contributed by atoms with Crippen molar-refractivity contribution in [3.63, 3.8) is 0 Å². The van der Waals surface area contributed by atoms with Crippen LogP contribution in [0.2, 0.25) is 5.02 Å². The van der Waals surface area contributed by atoms with Crippen LogP contribution in [0.1, 0.15) is 25.3 Å². The second-order valence-electron chi connectivity index (χ2n) is 13.2. The van der Waals surface area contributed by atoms with Gasteiger partial charge in [-0.05, 0) is 48.1 Å². The fourth-order valence-corrected chi connectivity index (χ4v) is 6.79. The molecule has 16 heteroatoms. The number of aliphatic imine (C=N–C) groups is 1. The number of nitrogens with one attached hydrogen (secondary N) is 1. The lowest BCUT2D eigenvalue weighted by Gasteiger charge is -2.33. The summed E-state index contributed by atoms with van der Waals surface area (Å²) in [7, 11) is 6.93. The van der Waals surface area contributed by atoms with Crippen LogP contribution in [0.5, 0.6) is 11.5 Å². The van der Waals surface area contributed by atoms with Crippen molar-refractivity contribution in [2.45, 2.75) is 25.3 Å². The van der Waals surface area contributed by atoms with Crippen molar-refractivity contribution in [1.82, 2.24) is 24.4 Å². The Balaban J connectivity index is 1.26. The lowest BCUT2D eigenvalue weighted by molar-refractivity contribution is -0.880. The summed E-state index contributed by atoms with van der Waals surface area (Å²) < 4.78 is 13.1. The first-order valence-electron chi connectivity index (χ1n) is 16.7. The number of amides is 1. The van der Waals surface area contributed by atoms with Gasteiger partial charge in [0.05, 0.1) is 45.5 Å². The van der Waals surface area contributed by atoms with E-state index < -0.39 is 4.92 Å². The molecule has 270 valence electrons. The molecule has 0 spiro atoms. The fourth-order valence-electron chi connectivity index (χ4n) is 6.50. The van der Waals surface area contributed by atoms with Crippen molar-refractivity contribution in [3.8, 4) is 22.6 Å². The zero-order chi connectivity index (χ0) is 37.0. The number of methoxy groups -OCH3 is 2. The molecule has 4 aromatic rings. The molecule has 1 N–H and O–H groups in total. The lowest BCUT2D eigenvalue weighted by Crippen LogP contribution is -2.42. The van der Waals surface area contributed by atoms with Crippen LogP contribution >= 0.6 is 11.6 Å². The molecule has 15 nitrogen and oxygen atoms in total. The van der Waals surface area contributed by atoms with Crippen molar-refractivity contribution in [2.24, 2.45) is 4.99 Å². The van der Waals surface area contributed by atoms with E-state index in [9.17, 15) is 19.7 Å². The van der Waals surface area contributed by atoms with Crippen molar-refractivity contribution in [2.75, 3.05) is 59.8 Å².